The Morgan fingerprint density at radius 3 is 2.77 bits per heavy atom. The second-order valence-corrected chi connectivity index (χ2v) is 9.56. The molecule has 1 unspecified atom stereocenters. The van der Waals surface area contributed by atoms with E-state index in [1.807, 2.05) is 6.07 Å². The summed E-state index contributed by atoms with van der Waals surface area (Å²) in [6.45, 7) is 5.08. The van der Waals surface area contributed by atoms with E-state index in [1.165, 1.54) is 13.3 Å². The Bertz CT molecular complexity index is 1350. The van der Waals surface area contributed by atoms with E-state index in [0.717, 1.165) is 50.9 Å². The predicted molar refractivity (Wildman–Crippen MR) is 143 cm³/mol. The number of amides is 1. The minimum Gasteiger partial charge on any atom is -0.496 e. The van der Waals surface area contributed by atoms with Crippen LogP contribution < -0.4 is 15.8 Å². The van der Waals surface area contributed by atoms with Crippen LogP contribution in [0.1, 0.15) is 39.5 Å². The summed E-state index contributed by atoms with van der Waals surface area (Å²) in [5.41, 5.74) is 6.12. The average molecular weight is 558 g/mol. The van der Waals surface area contributed by atoms with Crippen molar-refractivity contribution >= 4 is 23.3 Å². The van der Waals surface area contributed by atoms with Crippen LogP contribution >= 0.6 is 0 Å². The summed E-state index contributed by atoms with van der Waals surface area (Å²) in [4.78, 5) is 23.4. The van der Waals surface area contributed by atoms with Crippen molar-refractivity contribution in [2.75, 3.05) is 58.8 Å². The maximum Gasteiger partial charge on any atom is 0.419 e. The van der Waals surface area contributed by atoms with Crippen LogP contribution in [0.2, 0.25) is 0 Å². The number of carbonyl (C=O) groups is 1. The number of anilines is 1. The number of aliphatic imine (C=N–C) groups is 1. The third kappa shape index (κ3) is 5.94. The molecule has 0 spiro atoms. The van der Waals surface area contributed by atoms with Crippen LogP contribution in [0.4, 0.5) is 19.0 Å². The van der Waals surface area contributed by atoms with Gasteiger partial charge in [-0.2, -0.15) is 18.3 Å². The van der Waals surface area contributed by atoms with E-state index in [9.17, 15) is 18.0 Å². The number of nitrogen functional groups attached to an aromatic ring is 1. The van der Waals surface area contributed by atoms with Crippen LogP contribution in [-0.2, 0) is 10.9 Å². The summed E-state index contributed by atoms with van der Waals surface area (Å²) >= 11 is 0. The van der Waals surface area contributed by atoms with Gasteiger partial charge in [0, 0.05) is 31.4 Å². The van der Waals surface area contributed by atoms with Gasteiger partial charge in [0.1, 0.15) is 17.4 Å². The number of ether oxygens (including phenoxy) is 2. The zero-order chi connectivity index (χ0) is 28.3. The smallest absolute Gasteiger partial charge is 0.419 e. The Labute approximate surface area is 229 Å². The maximum absolute atomic E-state index is 13.4. The molecular weight excluding hydrogens is 527 g/mol. The van der Waals surface area contributed by atoms with Crippen molar-refractivity contribution in [1.29, 1.82) is 0 Å². The van der Waals surface area contributed by atoms with Crippen molar-refractivity contribution in [2.24, 2.45) is 10.1 Å². The number of benzene rings is 1. The molecule has 2 aromatic rings. The third-order valence-electron chi connectivity index (χ3n) is 6.98. The molecule has 1 aromatic heterocycles. The standard InChI is InChI=1S/C27H30F3N7O3/c1-39-23-14-17(3-4-19(23)26(38)32-7-2-8-36-9-11-40-12-10-36)22-16-33-24-6-5-21(35-37(22)24)18-13-20(27(28,29)30)25(31)34-15-18/h3-6,13-15,22H,2,7-12,16H2,1H3,(H2,31,34)(H,32,38). The number of hydrogen-bond acceptors (Lipinski definition) is 9. The first-order chi connectivity index (χ1) is 19.2. The number of pyridine rings is 1. The molecule has 5 rings (SSSR count). The Hall–Kier alpha value is -3.97. The highest BCUT2D eigenvalue weighted by molar-refractivity contribution is 6.14. The number of amidine groups is 1. The number of alkyl halides is 3. The van der Waals surface area contributed by atoms with E-state index in [-0.39, 0.29) is 17.5 Å². The summed E-state index contributed by atoms with van der Waals surface area (Å²) in [7, 11) is 1.50. The topological polar surface area (TPSA) is 118 Å². The number of halogens is 3. The number of nitrogens with two attached hydrogens (primary N) is 1. The molecule has 0 aliphatic carbocycles. The number of hydrazone groups is 1. The van der Waals surface area contributed by atoms with E-state index in [4.69, 9.17) is 15.2 Å². The molecule has 1 atom stereocenters. The molecular formula is C27H30F3N7O3. The van der Waals surface area contributed by atoms with Gasteiger partial charge in [0.15, 0.2) is 0 Å². The molecule has 10 nitrogen and oxygen atoms in total. The quantitative estimate of drug-likeness (QED) is 0.480. The van der Waals surface area contributed by atoms with E-state index in [2.05, 4.69) is 25.3 Å². The molecule has 0 saturated carbocycles. The zero-order valence-corrected chi connectivity index (χ0v) is 21.9. The number of fused-ring (bicyclic) bond motifs is 1. The fourth-order valence-electron chi connectivity index (χ4n) is 4.81. The molecule has 1 saturated heterocycles. The Kier molecular flexibility index (Phi) is 8.03. The van der Waals surface area contributed by atoms with Gasteiger partial charge in [-0.1, -0.05) is 6.07 Å². The van der Waals surface area contributed by atoms with E-state index in [1.54, 1.807) is 29.3 Å². The first-order valence-corrected chi connectivity index (χ1v) is 12.9. The molecule has 1 aromatic carbocycles. The van der Waals surface area contributed by atoms with Gasteiger partial charge >= 0.3 is 6.18 Å². The molecule has 40 heavy (non-hydrogen) atoms. The summed E-state index contributed by atoms with van der Waals surface area (Å²) in [5.74, 6) is 0.165. The lowest BCUT2D eigenvalue weighted by Crippen LogP contribution is -2.38. The number of hydrogen-bond donors (Lipinski definition) is 2. The van der Waals surface area contributed by atoms with Gasteiger partial charge in [-0.3, -0.25) is 14.7 Å². The molecule has 3 aliphatic heterocycles. The molecule has 13 heteroatoms. The molecule has 212 valence electrons. The number of methoxy groups -OCH3 is 1. The van der Waals surface area contributed by atoms with Gasteiger partial charge < -0.3 is 20.5 Å². The highest BCUT2D eigenvalue weighted by Gasteiger charge is 2.35. The van der Waals surface area contributed by atoms with Gasteiger partial charge in [0.2, 0.25) is 0 Å². The number of carbonyl (C=O) groups excluding carboxylic acids is 1. The summed E-state index contributed by atoms with van der Waals surface area (Å²) in [6, 6.07) is 5.89. The minimum atomic E-state index is -4.64. The first-order valence-electron chi connectivity index (χ1n) is 12.9. The first kappa shape index (κ1) is 27.6. The second-order valence-electron chi connectivity index (χ2n) is 9.56. The Morgan fingerprint density at radius 2 is 2.02 bits per heavy atom. The van der Waals surface area contributed by atoms with Gasteiger partial charge in [-0.15, -0.1) is 0 Å². The van der Waals surface area contributed by atoms with Crippen molar-refractivity contribution in [3.8, 4) is 5.75 Å². The minimum absolute atomic E-state index is 0.181. The molecule has 3 N–H and O–H groups in total. The number of nitrogens with zero attached hydrogens (tertiary/aromatic N) is 5. The fraction of sp³-hybridized carbons (Fsp3) is 0.407. The van der Waals surface area contributed by atoms with E-state index in [0.29, 0.717) is 35.9 Å². The van der Waals surface area contributed by atoms with E-state index >= 15 is 0 Å². The largest absolute Gasteiger partial charge is 0.496 e. The number of rotatable bonds is 8. The fourth-order valence-corrected chi connectivity index (χ4v) is 4.81. The molecule has 1 amide bonds. The van der Waals surface area contributed by atoms with Crippen LogP contribution in [0.3, 0.4) is 0 Å². The SMILES string of the molecule is COc1cc(C2CN=C3C=CC(c4cnc(N)c(C(F)(F)F)c4)=NN32)ccc1C(=O)NCCCN1CCOCC1. The summed E-state index contributed by atoms with van der Waals surface area (Å²) < 4.78 is 51.0. The highest BCUT2D eigenvalue weighted by Crippen LogP contribution is 2.35. The van der Waals surface area contributed by atoms with E-state index < -0.39 is 17.6 Å². The van der Waals surface area contributed by atoms with Crippen molar-refractivity contribution < 1.29 is 27.4 Å². The van der Waals surface area contributed by atoms with Crippen LogP contribution in [0.25, 0.3) is 0 Å². The summed E-state index contributed by atoms with van der Waals surface area (Å²) in [6.07, 6.45) is 0.742. The van der Waals surface area contributed by atoms with Crippen molar-refractivity contribution in [3.05, 3.63) is 64.9 Å². The number of nitrogens with one attached hydrogen (secondary N) is 1. The van der Waals surface area contributed by atoms with Crippen molar-refractivity contribution in [3.63, 3.8) is 0 Å². The highest BCUT2D eigenvalue weighted by atomic mass is 19.4. The second kappa shape index (κ2) is 11.6. The van der Waals surface area contributed by atoms with Crippen LogP contribution in [0.15, 0.2) is 52.7 Å². The predicted octanol–water partition coefficient (Wildman–Crippen LogP) is 2.87. The Balaban J connectivity index is 1.28. The van der Waals surface area contributed by atoms with Crippen molar-refractivity contribution in [1.82, 2.24) is 20.2 Å². The monoisotopic (exact) mass is 557 g/mol. The lowest BCUT2D eigenvalue weighted by Gasteiger charge is -2.26. The molecule has 0 radical (unpaired) electrons. The van der Waals surface area contributed by atoms with Crippen LogP contribution in [0, 0.1) is 0 Å². The number of morpholine rings is 1. The third-order valence-corrected chi connectivity index (χ3v) is 6.98. The van der Waals surface area contributed by atoms with Gasteiger partial charge in [0.25, 0.3) is 5.91 Å². The molecule has 1 fully saturated rings. The molecule has 0 bridgehead atoms. The lowest BCUT2D eigenvalue weighted by molar-refractivity contribution is -0.137. The number of allylic oxidation sites excluding steroid dienone is 1. The maximum atomic E-state index is 13.4. The van der Waals surface area contributed by atoms with Gasteiger partial charge in [-0.25, -0.2) is 9.99 Å². The summed E-state index contributed by atoms with van der Waals surface area (Å²) in [5, 5.41) is 9.19. The molecule has 3 aliphatic rings. The van der Waals surface area contributed by atoms with Crippen molar-refractivity contribution in [2.45, 2.75) is 18.6 Å². The van der Waals surface area contributed by atoms with Gasteiger partial charge in [0.05, 0.1) is 49.7 Å². The lowest BCUT2D eigenvalue weighted by atomic mass is 10.0. The average Bonchev–Trinajstić information content (AvgIpc) is 3.38. The normalized spacial score (nSPS) is 19.2. The zero-order valence-electron chi connectivity index (χ0n) is 21.9. The van der Waals surface area contributed by atoms with Gasteiger partial charge in [-0.05, 0) is 48.9 Å². The molecule has 4 heterocycles. The van der Waals surface area contributed by atoms with Crippen LogP contribution in [0.5, 0.6) is 5.75 Å². The Morgan fingerprint density at radius 1 is 1.23 bits per heavy atom. The number of aromatic nitrogens is 1. The van der Waals surface area contributed by atoms with Crippen LogP contribution in [-0.4, -0.2) is 85.4 Å².